The third-order valence-corrected chi connectivity index (χ3v) is 5.79. The first-order valence-corrected chi connectivity index (χ1v) is 11.7. The topological polar surface area (TPSA) is 94.8 Å². The molecule has 0 spiro atoms. The number of ether oxygens (including phenoxy) is 2. The van der Waals surface area contributed by atoms with Crippen LogP contribution in [0.25, 0.3) is 22.1 Å². The number of alkyl carbamates (subject to hydrolysis) is 1. The van der Waals surface area contributed by atoms with Gasteiger partial charge in [0.15, 0.2) is 5.75 Å². The number of esters is 1. The molecule has 7 nitrogen and oxygen atoms in total. The minimum Gasteiger partial charge on any atom is -0.445 e. The first-order valence-electron chi connectivity index (χ1n) is 11.3. The van der Waals surface area contributed by atoms with Gasteiger partial charge in [-0.05, 0) is 28.7 Å². The fourth-order valence-corrected chi connectivity index (χ4v) is 3.86. The molecule has 1 N–H and O–H groups in total. The molecule has 0 aliphatic carbocycles. The zero-order valence-electron chi connectivity index (χ0n) is 19.7. The predicted octanol–water partition coefficient (Wildman–Crippen LogP) is 5.97. The van der Waals surface area contributed by atoms with Crippen molar-refractivity contribution in [3.05, 3.63) is 99.9 Å². The Labute approximate surface area is 212 Å². The molecule has 8 heteroatoms. The van der Waals surface area contributed by atoms with Gasteiger partial charge in [-0.25, -0.2) is 14.4 Å². The maximum Gasteiger partial charge on any atom is 0.408 e. The lowest BCUT2D eigenvalue weighted by molar-refractivity contribution is -0.137. The summed E-state index contributed by atoms with van der Waals surface area (Å²) in [6, 6.07) is 21.9. The van der Waals surface area contributed by atoms with Crippen LogP contribution in [-0.4, -0.2) is 18.1 Å². The largest absolute Gasteiger partial charge is 0.445 e. The quantitative estimate of drug-likeness (QED) is 0.189. The number of fused-ring (bicyclic) bond motifs is 1. The van der Waals surface area contributed by atoms with Crippen molar-refractivity contribution in [3.8, 4) is 16.9 Å². The molecule has 0 saturated carbocycles. The second-order valence-electron chi connectivity index (χ2n) is 8.47. The van der Waals surface area contributed by atoms with Gasteiger partial charge in [0, 0.05) is 17.5 Å². The van der Waals surface area contributed by atoms with Gasteiger partial charge >= 0.3 is 17.7 Å². The number of benzene rings is 3. The molecule has 184 valence electrons. The summed E-state index contributed by atoms with van der Waals surface area (Å²) in [5.41, 5.74) is 1.93. The molecule has 4 rings (SSSR count). The van der Waals surface area contributed by atoms with E-state index in [-0.39, 0.29) is 28.9 Å². The number of hydrogen-bond donors (Lipinski definition) is 1. The molecule has 1 heterocycles. The Morgan fingerprint density at radius 3 is 2.31 bits per heavy atom. The smallest absolute Gasteiger partial charge is 0.408 e. The summed E-state index contributed by atoms with van der Waals surface area (Å²) in [4.78, 5) is 37.5. The Morgan fingerprint density at radius 2 is 1.64 bits per heavy atom. The minimum absolute atomic E-state index is 0.00707. The molecule has 0 saturated heterocycles. The van der Waals surface area contributed by atoms with Crippen LogP contribution in [0.2, 0.25) is 5.02 Å². The van der Waals surface area contributed by atoms with Gasteiger partial charge in [-0.3, -0.25) is 0 Å². The summed E-state index contributed by atoms with van der Waals surface area (Å²) in [6.45, 7) is 3.58. The second-order valence-corrected chi connectivity index (χ2v) is 8.88. The number of carbonyl (C=O) groups is 2. The first-order chi connectivity index (χ1) is 17.3. The third kappa shape index (κ3) is 5.93. The van der Waals surface area contributed by atoms with E-state index in [1.165, 1.54) is 12.1 Å². The van der Waals surface area contributed by atoms with Crippen LogP contribution in [0, 0.1) is 5.92 Å². The van der Waals surface area contributed by atoms with E-state index in [0.717, 1.165) is 11.1 Å². The van der Waals surface area contributed by atoms with E-state index in [1.54, 1.807) is 19.9 Å². The van der Waals surface area contributed by atoms with Crippen molar-refractivity contribution in [2.75, 3.05) is 0 Å². The van der Waals surface area contributed by atoms with E-state index >= 15 is 0 Å². The van der Waals surface area contributed by atoms with Crippen molar-refractivity contribution in [2.45, 2.75) is 26.5 Å². The van der Waals surface area contributed by atoms with Crippen LogP contribution in [-0.2, 0) is 16.1 Å². The molecule has 3 aromatic carbocycles. The molecule has 1 atom stereocenters. The van der Waals surface area contributed by atoms with Gasteiger partial charge in [-0.2, -0.15) is 0 Å². The molecule has 0 radical (unpaired) electrons. The second kappa shape index (κ2) is 11.1. The highest BCUT2D eigenvalue weighted by atomic mass is 35.5. The van der Waals surface area contributed by atoms with Gasteiger partial charge in [-0.15, -0.1) is 0 Å². The molecule has 0 aliphatic rings. The third-order valence-electron chi connectivity index (χ3n) is 5.50. The lowest BCUT2D eigenvalue weighted by Crippen LogP contribution is -2.46. The number of rotatable bonds is 7. The van der Waals surface area contributed by atoms with Gasteiger partial charge in [-0.1, -0.05) is 86.1 Å². The average Bonchev–Trinajstić information content (AvgIpc) is 2.87. The Morgan fingerprint density at radius 1 is 0.972 bits per heavy atom. The van der Waals surface area contributed by atoms with Crippen LogP contribution < -0.4 is 15.7 Å². The number of halogens is 1. The molecule has 1 unspecified atom stereocenters. The van der Waals surface area contributed by atoms with Gasteiger partial charge in [0.2, 0.25) is 0 Å². The maximum atomic E-state index is 13.0. The van der Waals surface area contributed by atoms with Gasteiger partial charge in [0.25, 0.3) is 0 Å². The van der Waals surface area contributed by atoms with E-state index in [9.17, 15) is 14.4 Å². The van der Waals surface area contributed by atoms with Crippen LogP contribution in [0.1, 0.15) is 19.4 Å². The Bertz CT molecular complexity index is 1430. The number of amides is 1. The molecule has 0 aliphatic heterocycles. The molecule has 0 fully saturated rings. The fraction of sp³-hybridized carbons (Fsp3) is 0.179. The van der Waals surface area contributed by atoms with E-state index in [0.29, 0.717) is 10.9 Å². The first kappa shape index (κ1) is 25.0. The van der Waals surface area contributed by atoms with Crippen LogP contribution in [0.3, 0.4) is 0 Å². The zero-order chi connectivity index (χ0) is 25.7. The lowest BCUT2D eigenvalue weighted by atomic mass is 10.0. The Hall–Kier alpha value is -4.10. The molecular formula is C28H24ClNO6. The predicted molar refractivity (Wildman–Crippen MR) is 137 cm³/mol. The molecule has 1 aromatic heterocycles. The maximum absolute atomic E-state index is 13.0. The summed E-state index contributed by atoms with van der Waals surface area (Å²) in [5, 5.41) is 3.29. The van der Waals surface area contributed by atoms with Crippen molar-refractivity contribution < 1.29 is 23.5 Å². The van der Waals surface area contributed by atoms with Crippen LogP contribution in [0.15, 0.2) is 88.1 Å². The van der Waals surface area contributed by atoms with Crippen LogP contribution in [0.5, 0.6) is 5.75 Å². The highest BCUT2D eigenvalue weighted by Gasteiger charge is 2.28. The van der Waals surface area contributed by atoms with Gasteiger partial charge in [0.1, 0.15) is 18.2 Å². The SMILES string of the molecule is CC(C)C(NC(=O)OCc1ccccc1)C(=O)Oc1cc2oc(=O)cc(-c3ccccc3)c2cc1Cl. The molecule has 36 heavy (non-hydrogen) atoms. The van der Waals surface area contributed by atoms with Crippen molar-refractivity contribution in [1.29, 1.82) is 0 Å². The summed E-state index contributed by atoms with van der Waals surface area (Å²) in [5.74, 6) is -1.03. The van der Waals surface area contributed by atoms with Crippen molar-refractivity contribution in [2.24, 2.45) is 5.92 Å². The summed E-state index contributed by atoms with van der Waals surface area (Å²) in [7, 11) is 0. The Balaban J connectivity index is 1.53. The van der Waals surface area contributed by atoms with Crippen molar-refractivity contribution >= 4 is 34.6 Å². The molecule has 1 amide bonds. The van der Waals surface area contributed by atoms with Crippen molar-refractivity contribution in [3.63, 3.8) is 0 Å². The minimum atomic E-state index is -0.998. The normalized spacial score (nSPS) is 11.8. The molecule has 4 aromatic rings. The van der Waals surface area contributed by atoms with Crippen LogP contribution >= 0.6 is 11.6 Å². The monoisotopic (exact) mass is 505 g/mol. The summed E-state index contributed by atoms with van der Waals surface area (Å²) < 4.78 is 16.1. The van der Waals surface area contributed by atoms with E-state index in [4.69, 9.17) is 25.5 Å². The number of hydrogen-bond acceptors (Lipinski definition) is 6. The lowest BCUT2D eigenvalue weighted by Gasteiger charge is -2.21. The van der Waals surface area contributed by atoms with Crippen LogP contribution in [0.4, 0.5) is 4.79 Å². The average molecular weight is 506 g/mol. The summed E-state index contributed by atoms with van der Waals surface area (Å²) in [6.07, 6.45) is -0.752. The highest BCUT2D eigenvalue weighted by molar-refractivity contribution is 6.33. The fourth-order valence-electron chi connectivity index (χ4n) is 3.66. The van der Waals surface area contributed by atoms with E-state index < -0.39 is 23.7 Å². The summed E-state index contributed by atoms with van der Waals surface area (Å²) >= 11 is 6.45. The van der Waals surface area contributed by atoms with E-state index in [1.807, 2.05) is 60.7 Å². The van der Waals surface area contributed by atoms with Gasteiger partial charge < -0.3 is 19.2 Å². The van der Waals surface area contributed by atoms with Gasteiger partial charge in [0.05, 0.1) is 5.02 Å². The highest BCUT2D eigenvalue weighted by Crippen LogP contribution is 2.35. The Kier molecular flexibility index (Phi) is 7.71. The molecule has 0 bridgehead atoms. The van der Waals surface area contributed by atoms with Crippen molar-refractivity contribution in [1.82, 2.24) is 5.32 Å². The number of carbonyl (C=O) groups excluding carboxylic acids is 2. The standard InChI is InChI=1S/C28H24ClNO6/c1-17(2)26(30-28(33)34-16-18-9-5-3-6-10-18)27(32)36-24-15-23-21(13-22(24)29)20(14-25(31)35-23)19-11-7-4-8-12-19/h3-15,17,26H,16H2,1-2H3,(H,30,33). The zero-order valence-corrected chi connectivity index (χ0v) is 20.5. The molecular weight excluding hydrogens is 482 g/mol. The number of nitrogens with one attached hydrogen (secondary N) is 1. The van der Waals surface area contributed by atoms with E-state index in [2.05, 4.69) is 5.32 Å².